The van der Waals surface area contributed by atoms with Gasteiger partial charge >= 0.3 is 5.69 Å². The zero-order chi connectivity index (χ0) is 17.1. The maximum Gasteiger partial charge on any atom is 0.328 e. The van der Waals surface area contributed by atoms with Crippen molar-refractivity contribution in [1.82, 2.24) is 14.5 Å². The van der Waals surface area contributed by atoms with Crippen molar-refractivity contribution in [3.63, 3.8) is 0 Å². The summed E-state index contributed by atoms with van der Waals surface area (Å²) in [6, 6.07) is 6.87. The van der Waals surface area contributed by atoms with Gasteiger partial charge in [0.1, 0.15) is 0 Å². The number of amides is 1. The van der Waals surface area contributed by atoms with E-state index < -0.39 is 11.2 Å². The molecule has 0 spiro atoms. The SMILES string of the molecule is O=C(CCn1c(=O)[nH]c(=O)c2ccccc21)N1CCC(CO)CC1. The van der Waals surface area contributed by atoms with Gasteiger partial charge in [0.2, 0.25) is 5.91 Å². The van der Waals surface area contributed by atoms with Gasteiger partial charge in [0.05, 0.1) is 10.9 Å². The summed E-state index contributed by atoms with van der Waals surface area (Å²) < 4.78 is 1.44. The number of rotatable bonds is 4. The zero-order valence-corrected chi connectivity index (χ0v) is 13.4. The molecule has 1 fully saturated rings. The van der Waals surface area contributed by atoms with Crippen LogP contribution in [0.4, 0.5) is 0 Å². The average Bonchev–Trinajstić information content (AvgIpc) is 2.61. The molecule has 0 saturated carbocycles. The highest BCUT2D eigenvalue weighted by Gasteiger charge is 2.22. The van der Waals surface area contributed by atoms with Crippen LogP contribution in [0.15, 0.2) is 33.9 Å². The van der Waals surface area contributed by atoms with E-state index in [1.807, 2.05) is 0 Å². The van der Waals surface area contributed by atoms with Gasteiger partial charge in [-0.2, -0.15) is 0 Å². The first-order valence-corrected chi connectivity index (χ1v) is 8.20. The molecule has 3 rings (SSSR count). The van der Waals surface area contributed by atoms with Crippen LogP contribution in [-0.2, 0) is 11.3 Å². The summed E-state index contributed by atoms with van der Waals surface area (Å²) in [7, 11) is 0. The van der Waals surface area contributed by atoms with Crippen LogP contribution in [0.3, 0.4) is 0 Å². The molecule has 0 radical (unpaired) electrons. The summed E-state index contributed by atoms with van der Waals surface area (Å²) in [5.74, 6) is 0.272. The second-order valence-corrected chi connectivity index (χ2v) is 6.18. The van der Waals surface area contributed by atoms with E-state index in [4.69, 9.17) is 5.11 Å². The van der Waals surface area contributed by atoms with Gasteiger partial charge < -0.3 is 10.0 Å². The molecule has 2 aromatic rings. The van der Waals surface area contributed by atoms with Crippen LogP contribution in [0.25, 0.3) is 10.9 Å². The number of aromatic amines is 1. The van der Waals surface area contributed by atoms with E-state index in [0.717, 1.165) is 12.8 Å². The number of fused-ring (bicyclic) bond motifs is 1. The predicted molar refractivity (Wildman–Crippen MR) is 89.8 cm³/mol. The Labute approximate surface area is 138 Å². The van der Waals surface area contributed by atoms with E-state index in [-0.39, 0.29) is 31.4 Å². The standard InChI is InChI=1S/C17H21N3O4/c21-11-12-5-8-19(9-6-12)15(22)7-10-20-14-4-2-1-3-13(14)16(23)18-17(20)24/h1-4,12,21H,5-11H2,(H,18,23,24). The van der Waals surface area contributed by atoms with Crippen LogP contribution >= 0.6 is 0 Å². The summed E-state index contributed by atoms with van der Waals surface area (Å²) in [6.07, 6.45) is 1.83. The molecular weight excluding hydrogens is 310 g/mol. The van der Waals surface area contributed by atoms with E-state index in [1.165, 1.54) is 4.57 Å². The fourth-order valence-electron chi connectivity index (χ4n) is 3.19. The summed E-state index contributed by atoms with van der Waals surface area (Å²) in [5.41, 5.74) is -0.368. The number of H-pyrrole nitrogens is 1. The molecule has 1 saturated heterocycles. The highest BCUT2D eigenvalue weighted by atomic mass is 16.3. The largest absolute Gasteiger partial charge is 0.396 e. The van der Waals surface area contributed by atoms with Crippen molar-refractivity contribution in [2.75, 3.05) is 19.7 Å². The Balaban J connectivity index is 1.73. The van der Waals surface area contributed by atoms with Crippen molar-refractivity contribution in [3.8, 4) is 0 Å². The van der Waals surface area contributed by atoms with Crippen molar-refractivity contribution in [3.05, 3.63) is 45.1 Å². The lowest BCUT2D eigenvalue weighted by Crippen LogP contribution is -2.40. The lowest BCUT2D eigenvalue weighted by atomic mass is 9.98. The molecule has 1 amide bonds. The molecule has 7 nitrogen and oxygen atoms in total. The molecule has 1 aliphatic rings. The molecule has 1 aliphatic heterocycles. The topological polar surface area (TPSA) is 95.4 Å². The van der Waals surface area contributed by atoms with Crippen molar-refractivity contribution in [2.45, 2.75) is 25.8 Å². The number of aromatic nitrogens is 2. The minimum Gasteiger partial charge on any atom is -0.396 e. The Morgan fingerprint density at radius 2 is 1.92 bits per heavy atom. The number of benzene rings is 1. The minimum absolute atomic E-state index is 0.00595. The van der Waals surface area contributed by atoms with Crippen molar-refractivity contribution in [1.29, 1.82) is 0 Å². The number of likely N-dealkylation sites (tertiary alicyclic amines) is 1. The van der Waals surface area contributed by atoms with E-state index >= 15 is 0 Å². The van der Waals surface area contributed by atoms with Crippen LogP contribution in [0.1, 0.15) is 19.3 Å². The number of hydrogen-bond donors (Lipinski definition) is 2. The molecule has 0 bridgehead atoms. The molecule has 1 aromatic carbocycles. The number of piperidine rings is 1. The Morgan fingerprint density at radius 3 is 2.62 bits per heavy atom. The Kier molecular flexibility index (Phi) is 4.80. The van der Waals surface area contributed by atoms with Crippen LogP contribution < -0.4 is 11.2 Å². The van der Waals surface area contributed by atoms with Gasteiger partial charge in [0.15, 0.2) is 0 Å². The fourth-order valence-corrected chi connectivity index (χ4v) is 3.19. The molecule has 128 valence electrons. The van der Waals surface area contributed by atoms with E-state index in [1.54, 1.807) is 29.2 Å². The first kappa shape index (κ1) is 16.4. The zero-order valence-electron chi connectivity index (χ0n) is 13.4. The summed E-state index contributed by atoms with van der Waals surface area (Å²) in [6.45, 7) is 1.69. The number of carbonyl (C=O) groups is 1. The van der Waals surface area contributed by atoms with Gasteiger partial charge in [-0.25, -0.2) is 4.79 Å². The average molecular weight is 331 g/mol. The van der Waals surface area contributed by atoms with Crippen LogP contribution in [-0.4, -0.2) is 45.2 Å². The normalized spacial score (nSPS) is 15.8. The Morgan fingerprint density at radius 1 is 1.21 bits per heavy atom. The number of nitrogens with one attached hydrogen (secondary N) is 1. The quantitative estimate of drug-likeness (QED) is 0.843. The molecule has 0 unspecified atom stereocenters. The van der Waals surface area contributed by atoms with E-state index in [0.29, 0.717) is 24.0 Å². The Hall–Kier alpha value is -2.41. The fraction of sp³-hybridized carbons (Fsp3) is 0.471. The highest BCUT2D eigenvalue weighted by Crippen LogP contribution is 2.17. The van der Waals surface area contributed by atoms with Gasteiger partial charge in [0.25, 0.3) is 5.56 Å². The third-order valence-electron chi connectivity index (χ3n) is 4.68. The monoisotopic (exact) mass is 331 g/mol. The lowest BCUT2D eigenvalue weighted by Gasteiger charge is -2.31. The van der Waals surface area contributed by atoms with Crippen molar-refractivity contribution >= 4 is 16.8 Å². The summed E-state index contributed by atoms with van der Waals surface area (Å²) >= 11 is 0. The van der Waals surface area contributed by atoms with Gasteiger partial charge in [-0.05, 0) is 30.9 Å². The van der Waals surface area contributed by atoms with Crippen molar-refractivity contribution in [2.24, 2.45) is 5.92 Å². The first-order valence-electron chi connectivity index (χ1n) is 8.20. The molecule has 2 heterocycles. The molecule has 0 atom stereocenters. The second-order valence-electron chi connectivity index (χ2n) is 6.18. The summed E-state index contributed by atoms with van der Waals surface area (Å²) in [4.78, 5) is 40.3. The van der Waals surface area contributed by atoms with Gasteiger partial charge in [0, 0.05) is 32.7 Å². The van der Waals surface area contributed by atoms with E-state index in [9.17, 15) is 14.4 Å². The molecule has 24 heavy (non-hydrogen) atoms. The number of nitrogens with zero attached hydrogens (tertiary/aromatic N) is 2. The number of aliphatic hydroxyl groups is 1. The van der Waals surface area contributed by atoms with E-state index in [2.05, 4.69) is 4.98 Å². The second kappa shape index (κ2) is 7.00. The first-order chi connectivity index (χ1) is 11.6. The number of hydrogen-bond acceptors (Lipinski definition) is 4. The van der Waals surface area contributed by atoms with Gasteiger partial charge in [-0.15, -0.1) is 0 Å². The molecule has 1 aromatic heterocycles. The van der Waals surface area contributed by atoms with Gasteiger partial charge in [-0.1, -0.05) is 12.1 Å². The third-order valence-corrected chi connectivity index (χ3v) is 4.68. The molecular formula is C17H21N3O4. The molecule has 0 aliphatic carbocycles. The van der Waals surface area contributed by atoms with Gasteiger partial charge in [-0.3, -0.25) is 19.1 Å². The van der Waals surface area contributed by atoms with Crippen molar-refractivity contribution < 1.29 is 9.90 Å². The maximum absolute atomic E-state index is 12.4. The number of aryl methyl sites for hydroxylation is 1. The molecule has 2 N–H and O–H groups in total. The summed E-state index contributed by atoms with van der Waals surface area (Å²) in [5, 5.41) is 9.59. The minimum atomic E-state index is -0.495. The lowest BCUT2D eigenvalue weighted by molar-refractivity contribution is -0.133. The number of carbonyl (C=O) groups excluding carboxylic acids is 1. The van der Waals surface area contributed by atoms with Crippen LogP contribution in [0.5, 0.6) is 0 Å². The smallest absolute Gasteiger partial charge is 0.328 e. The predicted octanol–water partition coefficient (Wildman–Crippen LogP) is 0.311. The van der Waals surface area contributed by atoms with Crippen LogP contribution in [0, 0.1) is 5.92 Å². The molecule has 7 heteroatoms. The number of para-hydroxylation sites is 1. The number of aliphatic hydroxyl groups excluding tert-OH is 1. The third kappa shape index (κ3) is 3.26. The van der Waals surface area contributed by atoms with Crippen LogP contribution in [0.2, 0.25) is 0 Å². The Bertz CT molecular complexity index is 847. The maximum atomic E-state index is 12.4. The highest BCUT2D eigenvalue weighted by molar-refractivity contribution is 5.79.